The van der Waals surface area contributed by atoms with Gasteiger partial charge in [-0.1, -0.05) is 0 Å². The molecule has 11 heteroatoms. The summed E-state index contributed by atoms with van der Waals surface area (Å²) in [6, 6.07) is 0. The van der Waals surface area contributed by atoms with Crippen LogP contribution in [-0.4, -0.2) is 100 Å². The average molecular weight is 442 g/mol. The van der Waals surface area contributed by atoms with Crippen molar-refractivity contribution in [3.63, 3.8) is 0 Å². The van der Waals surface area contributed by atoms with Gasteiger partial charge in [0, 0.05) is 12.2 Å². The first-order chi connectivity index (χ1) is 13.0. The number of hydrogen-bond donors (Lipinski definition) is 0. The number of carboxylic acids is 2. The maximum absolute atomic E-state index is 10.7. The molecule has 0 rings (SSSR count). The van der Waals surface area contributed by atoms with E-state index in [2.05, 4.69) is 9.47 Å². The molecule has 0 aromatic carbocycles. The smallest absolute Gasteiger partial charge is 0.545 e. The van der Waals surface area contributed by atoms with Crippen LogP contribution >= 0.6 is 0 Å². The quantitative estimate of drug-likeness (QED) is 0.146. The van der Waals surface area contributed by atoms with Crippen molar-refractivity contribution in [3.8, 4) is 0 Å². The van der Waals surface area contributed by atoms with Crippen LogP contribution in [0.3, 0.4) is 0 Å². The molecule has 10 nitrogen and oxygen atoms in total. The van der Waals surface area contributed by atoms with Crippen molar-refractivity contribution in [2.75, 3.05) is 26.4 Å². The molecule has 29 heavy (non-hydrogen) atoms. The molecule has 0 bridgehead atoms. The third-order valence-electron chi connectivity index (χ3n) is 2.27. The minimum absolute atomic E-state index is 0. The molecule has 0 amide bonds. The van der Waals surface area contributed by atoms with Crippen molar-refractivity contribution in [1.29, 1.82) is 0 Å². The number of rotatable bonds is 12. The number of ether oxygens (including phenoxy) is 4. The van der Waals surface area contributed by atoms with Crippen molar-refractivity contribution in [2.45, 2.75) is 39.9 Å². The molecule has 0 aromatic heterocycles. The van der Waals surface area contributed by atoms with Crippen molar-refractivity contribution < 1.29 is 48.3 Å². The molecule has 0 fully saturated rings. The maximum atomic E-state index is 10.7. The van der Waals surface area contributed by atoms with Crippen molar-refractivity contribution >= 4 is 61.6 Å². The first-order valence-corrected chi connectivity index (χ1v) is 8.39. The Morgan fingerprint density at radius 1 is 0.655 bits per heavy atom. The zero-order valence-corrected chi connectivity index (χ0v) is 19.3. The first-order valence-electron chi connectivity index (χ1n) is 8.39. The Bertz CT molecular complexity index is 493. The van der Waals surface area contributed by atoms with E-state index >= 15 is 0 Å². The zero-order chi connectivity index (χ0) is 21.9. The predicted octanol–water partition coefficient (Wildman–Crippen LogP) is -1.86. The van der Waals surface area contributed by atoms with Crippen LogP contribution in [0, 0.1) is 0 Å². The van der Waals surface area contributed by atoms with Crippen molar-refractivity contribution in [2.24, 2.45) is 0 Å². The Kier molecular flexibility index (Phi) is 23.6. The summed E-state index contributed by atoms with van der Waals surface area (Å²) in [5, 5.41) is 19.8. The number of carboxylic acid groups (broad SMARTS) is 2. The van der Waals surface area contributed by atoms with Gasteiger partial charge in [-0.15, -0.1) is 0 Å². The van der Waals surface area contributed by atoms with Crippen LogP contribution in [0.2, 0.25) is 0 Å². The number of carbonyl (C=O) groups excluding carboxylic acids is 4. The first kappa shape index (κ1) is 32.2. The Balaban J connectivity index is -0.000000451. The minimum atomic E-state index is -1.43. The summed E-state index contributed by atoms with van der Waals surface area (Å²) in [4.78, 5) is 41.3. The molecular weight excluding hydrogens is 416 g/mol. The Morgan fingerprint density at radius 3 is 1.21 bits per heavy atom. The fourth-order valence-corrected chi connectivity index (χ4v) is 1.22. The molecule has 0 radical (unpaired) electrons. The summed E-state index contributed by atoms with van der Waals surface area (Å²) in [5.74, 6) is -4.30. The molecule has 0 aliphatic heterocycles. The van der Waals surface area contributed by atoms with E-state index in [0.29, 0.717) is 25.4 Å². The monoisotopic (exact) mass is 442 g/mol. The second-order valence-electron chi connectivity index (χ2n) is 5.48. The normalized spacial score (nSPS) is 10.4. The summed E-state index contributed by atoms with van der Waals surface area (Å²) < 4.78 is 19.4. The van der Waals surface area contributed by atoms with Crippen LogP contribution in [0.5, 0.6) is 0 Å². The topological polar surface area (TPSA) is 151 Å². The van der Waals surface area contributed by atoms with Gasteiger partial charge in [-0.2, -0.15) is 0 Å². The van der Waals surface area contributed by atoms with E-state index in [1.807, 2.05) is 27.7 Å². The van der Waals surface area contributed by atoms with Gasteiger partial charge < -0.3 is 38.7 Å². The molecule has 0 spiro atoms. The van der Waals surface area contributed by atoms with Gasteiger partial charge in [0.1, 0.15) is 13.2 Å². The molecule has 0 aliphatic carbocycles. The van der Waals surface area contributed by atoms with Gasteiger partial charge in [-0.25, -0.2) is 9.59 Å². The molecular formula is C18H26CaO10. The van der Waals surface area contributed by atoms with E-state index in [0.717, 1.165) is 12.2 Å². The molecule has 0 saturated heterocycles. The van der Waals surface area contributed by atoms with Gasteiger partial charge in [0.2, 0.25) is 0 Å². The molecule has 0 aliphatic rings. The summed E-state index contributed by atoms with van der Waals surface area (Å²) in [6.45, 7) is 8.24. The van der Waals surface area contributed by atoms with Crippen molar-refractivity contribution in [1.82, 2.24) is 0 Å². The average Bonchev–Trinajstić information content (AvgIpc) is 2.59. The van der Waals surface area contributed by atoms with Gasteiger partial charge >= 0.3 is 49.7 Å². The molecule has 0 aromatic rings. The number of carbonyl (C=O) groups is 4. The van der Waals surface area contributed by atoms with Gasteiger partial charge in [-0.3, -0.25) is 0 Å². The fourth-order valence-electron chi connectivity index (χ4n) is 1.22. The van der Waals surface area contributed by atoms with E-state index in [1.54, 1.807) is 0 Å². The van der Waals surface area contributed by atoms with E-state index in [-0.39, 0.29) is 63.2 Å². The van der Waals surface area contributed by atoms with Gasteiger partial charge in [0.15, 0.2) is 0 Å². The SMILES string of the molecule is CC(C)OCCOC(=O)/C=C\C(=O)[O-].CC(C)OCCOC(=O)/C=C\C(=O)[O-].[Ca+2]. The summed E-state index contributed by atoms with van der Waals surface area (Å²) in [6.07, 6.45) is 2.98. The van der Waals surface area contributed by atoms with E-state index < -0.39 is 23.9 Å². The fraction of sp³-hybridized carbons (Fsp3) is 0.556. The van der Waals surface area contributed by atoms with E-state index in [9.17, 15) is 29.4 Å². The molecule has 0 heterocycles. The summed E-state index contributed by atoms with van der Waals surface area (Å²) in [5.41, 5.74) is 0. The van der Waals surface area contributed by atoms with Crippen LogP contribution in [0.25, 0.3) is 0 Å². The van der Waals surface area contributed by atoms with Crippen LogP contribution in [0.1, 0.15) is 27.7 Å². The Morgan fingerprint density at radius 2 is 0.966 bits per heavy atom. The maximum Gasteiger partial charge on any atom is 2.00 e. The van der Waals surface area contributed by atoms with E-state index in [4.69, 9.17) is 9.47 Å². The van der Waals surface area contributed by atoms with Crippen LogP contribution in [-0.2, 0) is 38.1 Å². The van der Waals surface area contributed by atoms with Crippen LogP contribution in [0.15, 0.2) is 24.3 Å². The second kappa shape index (κ2) is 21.3. The van der Waals surface area contributed by atoms with Gasteiger partial charge in [0.05, 0.1) is 37.4 Å². The zero-order valence-electron chi connectivity index (χ0n) is 17.1. The Hall–Kier alpha value is -1.46. The number of hydrogen-bond acceptors (Lipinski definition) is 10. The molecule has 0 saturated carbocycles. The molecule has 0 N–H and O–H groups in total. The largest absolute Gasteiger partial charge is 2.00 e. The molecule has 160 valence electrons. The van der Waals surface area contributed by atoms with Crippen LogP contribution < -0.4 is 10.2 Å². The van der Waals surface area contributed by atoms with Crippen LogP contribution in [0.4, 0.5) is 0 Å². The van der Waals surface area contributed by atoms with Gasteiger partial charge in [-0.05, 0) is 39.8 Å². The Labute approximate surface area is 199 Å². The standard InChI is InChI=1S/2C9H14O5.Ca/c2*1-7(2)13-5-6-14-9(12)4-3-8(10)11;/h2*3-4,7H,5-6H2,1-2H3,(H,10,11);/q;;+2/p-2/b2*4-3-;. The van der Waals surface area contributed by atoms with Gasteiger partial charge in [0.25, 0.3) is 0 Å². The molecule has 0 atom stereocenters. The molecule has 0 unspecified atom stereocenters. The minimum Gasteiger partial charge on any atom is -0.545 e. The third-order valence-corrected chi connectivity index (χ3v) is 2.27. The predicted molar refractivity (Wildman–Crippen MR) is 98.1 cm³/mol. The second-order valence-corrected chi connectivity index (χ2v) is 5.48. The van der Waals surface area contributed by atoms with E-state index in [1.165, 1.54) is 0 Å². The summed E-state index contributed by atoms with van der Waals surface area (Å²) in [7, 11) is 0. The summed E-state index contributed by atoms with van der Waals surface area (Å²) >= 11 is 0. The third kappa shape index (κ3) is 31.5. The van der Waals surface area contributed by atoms with Crippen molar-refractivity contribution in [3.05, 3.63) is 24.3 Å². The number of esters is 2. The number of aliphatic carboxylic acids is 2.